The van der Waals surface area contributed by atoms with E-state index >= 15 is 0 Å². The zero-order valence-corrected chi connectivity index (χ0v) is 17.4. The summed E-state index contributed by atoms with van der Waals surface area (Å²) in [6, 6.07) is 8.66. The predicted molar refractivity (Wildman–Crippen MR) is 109 cm³/mol. The molecule has 1 fully saturated rings. The van der Waals surface area contributed by atoms with E-state index in [1.165, 1.54) is 36.1 Å². The van der Waals surface area contributed by atoms with E-state index in [9.17, 15) is 4.79 Å². The number of nitrogens with one attached hydrogen (secondary N) is 1. The number of amides is 1. The van der Waals surface area contributed by atoms with Crippen molar-refractivity contribution in [2.24, 2.45) is 0 Å². The molecule has 144 valence electrons. The second kappa shape index (κ2) is 5.95. The monoisotopic (exact) mass is 365 g/mol. The Balaban J connectivity index is 1.78. The third-order valence-electron chi connectivity index (χ3n) is 5.87. The molecule has 2 aromatic rings. The highest BCUT2D eigenvalue weighted by Gasteiger charge is 2.44. The normalized spacial score (nSPS) is 21.4. The summed E-state index contributed by atoms with van der Waals surface area (Å²) in [5.74, 6) is 0.987. The molecule has 1 heterocycles. The van der Waals surface area contributed by atoms with Crippen LogP contribution in [0.4, 0.5) is 0 Å². The highest BCUT2D eigenvalue weighted by molar-refractivity contribution is 5.95. The summed E-state index contributed by atoms with van der Waals surface area (Å²) in [6.45, 7) is 12.7. The molecule has 0 saturated heterocycles. The highest BCUT2D eigenvalue weighted by atomic mass is 16.2. The van der Waals surface area contributed by atoms with E-state index in [0.29, 0.717) is 17.5 Å². The third kappa shape index (κ3) is 3.19. The molecule has 2 aliphatic rings. The fourth-order valence-electron chi connectivity index (χ4n) is 4.60. The Hall–Kier alpha value is -2.10. The second-order valence-corrected chi connectivity index (χ2v) is 10.3. The van der Waals surface area contributed by atoms with Crippen LogP contribution in [0.15, 0.2) is 24.3 Å². The molecule has 4 rings (SSSR count). The van der Waals surface area contributed by atoms with Gasteiger partial charge >= 0.3 is 0 Å². The summed E-state index contributed by atoms with van der Waals surface area (Å²) >= 11 is 0. The number of hydrogen-bond acceptors (Lipinski definition) is 2. The number of nitrogens with zero attached hydrogens (tertiary/aromatic N) is 2. The smallest absolute Gasteiger partial charge is 0.272 e. The van der Waals surface area contributed by atoms with Gasteiger partial charge in [0.05, 0.1) is 11.4 Å². The Kier molecular flexibility index (Phi) is 4.03. The molecule has 2 bridgehead atoms. The van der Waals surface area contributed by atoms with Gasteiger partial charge in [0.25, 0.3) is 5.91 Å². The van der Waals surface area contributed by atoms with Gasteiger partial charge in [0, 0.05) is 17.0 Å². The standard InChI is InChI=1S/C23H31N3O/c1-22(2,3)16-9-11-17(12-10-16)26-20-15-8-7-14(13-15)18(20)19(25-26)21(27)24-23(4,5)6/h9-12,14-15H,7-8,13H2,1-6H3,(H,24,27). The lowest BCUT2D eigenvalue weighted by atomic mass is 9.87. The van der Waals surface area contributed by atoms with E-state index in [1.807, 2.05) is 25.5 Å². The largest absolute Gasteiger partial charge is 0.346 e. The quantitative estimate of drug-likeness (QED) is 0.808. The van der Waals surface area contributed by atoms with Crippen molar-refractivity contribution in [3.8, 4) is 5.69 Å². The van der Waals surface area contributed by atoms with Crippen LogP contribution in [0.1, 0.15) is 99.9 Å². The second-order valence-electron chi connectivity index (χ2n) is 10.3. The van der Waals surface area contributed by atoms with E-state index < -0.39 is 0 Å². The lowest BCUT2D eigenvalue weighted by Crippen LogP contribution is -2.41. The summed E-state index contributed by atoms with van der Waals surface area (Å²) in [5.41, 5.74) is 5.33. The average molecular weight is 366 g/mol. The third-order valence-corrected chi connectivity index (χ3v) is 5.87. The summed E-state index contributed by atoms with van der Waals surface area (Å²) in [6.07, 6.45) is 3.56. The molecule has 1 aromatic heterocycles. The molecule has 1 amide bonds. The highest BCUT2D eigenvalue weighted by Crippen LogP contribution is 2.54. The fourth-order valence-corrected chi connectivity index (χ4v) is 4.60. The molecule has 0 spiro atoms. The first-order valence-corrected chi connectivity index (χ1v) is 10.1. The van der Waals surface area contributed by atoms with Crippen molar-refractivity contribution in [1.82, 2.24) is 15.1 Å². The van der Waals surface area contributed by atoms with Crippen molar-refractivity contribution in [3.05, 3.63) is 46.8 Å². The first kappa shape index (κ1) is 18.3. The van der Waals surface area contributed by atoms with Crippen molar-refractivity contribution in [2.75, 3.05) is 0 Å². The molecule has 2 unspecified atom stereocenters. The minimum absolute atomic E-state index is 0.0450. The molecule has 0 aliphatic heterocycles. The average Bonchev–Trinajstić information content (AvgIpc) is 3.24. The van der Waals surface area contributed by atoms with Crippen molar-refractivity contribution in [1.29, 1.82) is 0 Å². The zero-order chi connectivity index (χ0) is 19.6. The molecule has 4 nitrogen and oxygen atoms in total. The van der Waals surface area contributed by atoms with E-state index in [0.717, 1.165) is 5.69 Å². The molecule has 2 aliphatic carbocycles. The van der Waals surface area contributed by atoms with Crippen LogP contribution in [0.25, 0.3) is 5.69 Å². The molecular formula is C23H31N3O. The maximum absolute atomic E-state index is 12.9. The van der Waals surface area contributed by atoms with Gasteiger partial charge in [-0.1, -0.05) is 32.9 Å². The molecule has 1 saturated carbocycles. The molecule has 1 aromatic carbocycles. The molecule has 2 atom stereocenters. The van der Waals surface area contributed by atoms with Crippen LogP contribution >= 0.6 is 0 Å². The summed E-state index contributed by atoms with van der Waals surface area (Å²) in [5, 5.41) is 7.93. The van der Waals surface area contributed by atoms with E-state index in [4.69, 9.17) is 5.10 Å². The van der Waals surface area contributed by atoms with Crippen molar-refractivity contribution in [3.63, 3.8) is 0 Å². The Labute approximate surface area is 162 Å². The topological polar surface area (TPSA) is 46.9 Å². The predicted octanol–water partition coefficient (Wildman–Crippen LogP) is 5.06. The maximum Gasteiger partial charge on any atom is 0.272 e. The number of hydrogen-bond donors (Lipinski definition) is 1. The summed E-state index contributed by atoms with van der Waals surface area (Å²) in [7, 11) is 0. The number of aromatic nitrogens is 2. The Bertz CT molecular complexity index is 878. The molecule has 0 radical (unpaired) electrons. The fraction of sp³-hybridized carbons (Fsp3) is 0.565. The lowest BCUT2D eigenvalue weighted by Gasteiger charge is -2.20. The van der Waals surface area contributed by atoms with Crippen molar-refractivity contribution in [2.45, 2.75) is 83.6 Å². The minimum Gasteiger partial charge on any atom is -0.346 e. The Morgan fingerprint density at radius 2 is 1.67 bits per heavy atom. The van der Waals surface area contributed by atoms with Crippen LogP contribution in [0, 0.1) is 0 Å². The number of carbonyl (C=O) groups excluding carboxylic acids is 1. The van der Waals surface area contributed by atoms with Gasteiger partial charge in [-0.05, 0) is 69.1 Å². The van der Waals surface area contributed by atoms with Gasteiger partial charge in [0.15, 0.2) is 5.69 Å². The number of benzene rings is 1. The Morgan fingerprint density at radius 3 is 2.26 bits per heavy atom. The SMILES string of the molecule is CC(C)(C)NC(=O)c1nn(-c2ccc(C(C)(C)C)cc2)c2c1C1CCC2C1. The van der Waals surface area contributed by atoms with Gasteiger partial charge in [-0.2, -0.15) is 5.10 Å². The molecule has 4 heteroatoms. The van der Waals surface area contributed by atoms with Gasteiger partial charge in [-0.25, -0.2) is 4.68 Å². The van der Waals surface area contributed by atoms with Crippen LogP contribution in [0.2, 0.25) is 0 Å². The molecule has 27 heavy (non-hydrogen) atoms. The van der Waals surface area contributed by atoms with Crippen LogP contribution < -0.4 is 5.32 Å². The van der Waals surface area contributed by atoms with E-state index in [2.05, 4.69) is 50.4 Å². The first-order valence-electron chi connectivity index (χ1n) is 10.1. The van der Waals surface area contributed by atoms with Crippen LogP contribution in [0.5, 0.6) is 0 Å². The lowest BCUT2D eigenvalue weighted by molar-refractivity contribution is 0.0912. The van der Waals surface area contributed by atoms with Crippen molar-refractivity contribution >= 4 is 5.91 Å². The van der Waals surface area contributed by atoms with Gasteiger partial charge < -0.3 is 5.32 Å². The zero-order valence-electron chi connectivity index (χ0n) is 17.4. The minimum atomic E-state index is -0.264. The van der Waals surface area contributed by atoms with E-state index in [-0.39, 0.29) is 16.9 Å². The summed E-state index contributed by atoms with van der Waals surface area (Å²) in [4.78, 5) is 12.9. The number of carbonyl (C=O) groups is 1. The number of rotatable bonds is 2. The van der Waals surface area contributed by atoms with Crippen molar-refractivity contribution < 1.29 is 4.79 Å². The van der Waals surface area contributed by atoms with Gasteiger partial charge in [-0.15, -0.1) is 0 Å². The van der Waals surface area contributed by atoms with E-state index in [1.54, 1.807) is 0 Å². The Morgan fingerprint density at radius 1 is 1.04 bits per heavy atom. The van der Waals surface area contributed by atoms with Crippen LogP contribution in [-0.4, -0.2) is 21.2 Å². The molecule has 1 N–H and O–H groups in total. The van der Waals surface area contributed by atoms with Crippen LogP contribution in [0.3, 0.4) is 0 Å². The van der Waals surface area contributed by atoms with Gasteiger partial charge in [0.2, 0.25) is 0 Å². The number of fused-ring (bicyclic) bond motifs is 5. The molecular weight excluding hydrogens is 334 g/mol. The summed E-state index contributed by atoms with van der Waals surface area (Å²) < 4.78 is 2.04. The van der Waals surface area contributed by atoms with Gasteiger partial charge in [-0.3, -0.25) is 4.79 Å². The maximum atomic E-state index is 12.9. The van der Waals surface area contributed by atoms with Gasteiger partial charge in [0.1, 0.15) is 0 Å². The first-order chi connectivity index (χ1) is 12.5. The van der Waals surface area contributed by atoms with Crippen LogP contribution in [-0.2, 0) is 5.41 Å².